The average Bonchev–Trinajstić information content (AvgIpc) is 2.80. The van der Waals surface area contributed by atoms with E-state index in [-0.39, 0.29) is 22.2 Å². The molecule has 0 bridgehead atoms. The summed E-state index contributed by atoms with van der Waals surface area (Å²) in [7, 11) is 1.56. The van der Waals surface area contributed by atoms with Crippen LogP contribution in [0.4, 0.5) is 0 Å². The molecule has 1 aliphatic rings. The SMILES string of the molecule is COc1ccc(CN2C(=O)C(Cl)=C(c3ccc(Cl)cc3Cl)C2=O)cc1. The molecule has 0 aromatic heterocycles. The van der Waals surface area contributed by atoms with Gasteiger partial charge < -0.3 is 4.74 Å². The number of halogens is 3. The van der Waals surface area contributed by atoms with Crippen molar-refractivity contribution in [3.05, 3.63) is 68.7 Å². The van der Waals surface area contributed by atoms with Gasteiger partial charge in [0.25, 0.3) is 11.8 Å². The smallest absolute Gasteiger partial charge is 0.273 e. The predicted octanol–water partition coefficient (Wildman–Crippen LogP) is 4.52. The van der Waals surface area contributed by atoms with E-state index < -0.39 is 11.8 Å². The summed E-state index contributed by atoms with van der Waals surface area (Å²) in [6, 6.07) is 11.7. The molecule has 128 valence electrons. The first-order chi connectivity index (χ1) is 11.9. The second-order valence-electron chi connectivity index (χ2n) is 5.36. The van der Waals surface area contributed by atoms with Crippen molar-refractivity contribution < 1.29 is 14.3 Å². The first kappa shape index (κ1) is 17.8. The molecule has 0 saturated carbocycles. The summed E-state index contributed by atoms with van der Waals surface area (Å²) >= 11 is 18.2. The molecule has 2 amide bonds. The summed E-state index contributed by atoms with van der Waals surface area (Å²) < 4.78 is 5.09. The third-order valence-corrected chi connectivity index (χ3v) is 4.71. The van der Waals surface area contributed by atoms with Gasteiger partial charge in [0, 0.05) is 10.6 Å². The highest BCUT2D eigenvalue weighted by Gasteiger charge is 2.38. The van der Waals surface area contributed by atoms with Crippen molar-refractivity contribution in [3.8, 4) is 5.75 Å². The number of nitrogens with zero attached hydrogens (tertiary/aromatic N) is 1. The fourth-order valence-electron chi connectivity index (χ4n) is 2.53. The monoisotopic (exact) mass is 395 g/mol. The van der Waals surface area contributed by atoms with E-state index in [2.05, 4.69) is 0 Å². The number of benzene rings is 2. The van der Waals surface area contributed by atoms with Crippen molar-refractivity contribution in [1.29, 1.82) is 0 Å². The van der Waals surface area contributed by atoms with Crippen LogP contribution in [0.1, 0.15) is 11.1 Å². The van der Waals surface area contributed by atoms with Crippen LogP contribution >= 0.6 is 34.8 Å². The van der Waals surface area contributed by atoms with Gasteiger partial charge in [0.1, 0.15) is 10.8 Å². The number of methoxy groups -OCH3 is 1. The second kappa shape index (κ2) is 7.08. The van der Waals surface area contributed by atoms with Gasteiger partial charge >= 0.3 is 0 Å². The van der Waals surface area contributed by atoms with E-state index in [9.17, 15) is 9.59 Å². The molecule has 3 rings (SSSR count). The molecule has 0 spiro atoms. The van der Waals surface area contributed by atoms with E-state index in [1.807, 2.05) is 0 Å². The molecule has 4 nitrogen and oxygen atoms in total. The maximum Gasteiger partial charge on any atom is 0.273 e. The summed E-state index contributed by atoms with van der Waals surface area (Å²) in [5, 5.41) is 0.535. The lowest BCUT2D eigenvalue weighted by Gasteiger charge is -2.15. The van der Waals surface area contributed by atoms with Crippen LogP contribution in [0, 0.1) is 0 Å². The van der Waals surface area contributed by atoms with Crippen LogP contribution in [0.5, 0.6) is 5.75 Å². The molecule has 0 unspecified atom stereocenters. The molecule has 0 N–H and O–H groups in total. The van der Waals surface area contributed by atoms with E-state index >= 15 is 0 Å². The summed E-state index contributed by atoms with van der Waals surface area (Å²) in [6.07, 6.45) is 0. The molecule has 1 heterocycles. The molecule has 25 heavy (non-hydrogen) atoms. The standard InChI is InChI=1S/C18H12Cl3NO3/c1-25-12-5-2-10(3-6-12)9-22-17(23)15(16(21)18(22)24)13-7-4-11(19)8-14(13)20/h2-8H,9H2,1H3. The highest BCUT2D eigenvalue weighted by atomic mass is 35.5. The zero-order valence-electron chi connectivity index (χ0n) is 13.1. The Bertz CT molecular complexity index is 891. The number of amides is 2. The molecular formula is C18H12Cl3NO3. The largest absolute Gasteiger partial charge is 0.497 e. The van der Waals surface area contributed by atoms with Crippen LogP contribution in [0.2, 0.25) is 10.0 Å². The highest BCUT2D eigenvalue weighted by molar-refractivity contribution is 6.55. The molecule has 7 heteroatoms. The van der Waals surface area contributed by atoms with E-state index in [1.165, 1.54) is 6.07 Å². The number of imide groups is 1. The molecule has 0 radical (unpaired) electrons. The van der Waals surface area contributed by atoms with Gasteiger partial charge in [-0.25, -0.2) is 0 Å². The number of rotatable bonds is 4. The summed E-state index contributed by atoms with van der Waals surface area (Å²) in [6.45, 7) is 0.104. The van der Waals surface area contributed by atoms with Gasteiger partial charge in [0.05, 0.1) is 24.3 Å². The van der Waals surface area contributed by atoms with Crippen LogP contribution in [0.25, 0.3) is 5.57 Å². The van der Waals surface area contributed by atoms with E-state index in [0.717, 1.165) is 10.5 Å². The maximum atomic E-state index is 12.7. The lowest BCUT2D eigenvalue weighted by atomic mass is 10.1. The minimum absolute atomic E-state index is 0.0850. The van der Waals surface area contributed by atoms with E-state index in [0.29, 0.717) is 16.3 Å². The average molecular weight is 397 g/mol. The van der Waals surface area contributed by atoms with Gasteiger partial charge in [-0.05, 0) is 29.8 Å². The first-order valence-electron chi connectivity index (χ1n) is 7.26. The van der Waals surface area contributed by atoms with Crippen LogP contribution in [0.3, 0.4) is 0 Å². The normalized spacial score (nSPS) is 14.5. The molecular weight excluding hydrogens is 385 g/mol. The minimum atomic E-state index is -0.552. The second-order valence-corrected chi connectivity index (χ2v) is 6.58. The fourth-order valence-corrected chi connectivity index (χ4v) is 3.32. The Hall–Kier alpha value is -2.01. The van der Waals surface area contributed by atoms with Crippen molar-refractivity contribution in [2.45, 2.75) is 6.54 Å². The van der Waals surface area contributed by atoms with E-state index in [1.54, 1.807) is 43.5 Å². The van der Waals surface area contributed by atoms with Gasteiger partial charge in [-0.1, -0.05) is 53.0 Å². The van der Waals surface area contributed by atoms with Crippen molar-refractivity contribution in [1.82, 2.24) is 4.90 Å². The van der Waals surface area contributed by atoms with Gasteiger partial charge in [-0.3, -0.25) is 14.5 Å². The first-order valence-corrected chi connectivity index (χ1v) is 8.40. The quantitative estimate of drug-likeness (QED) is 0.714. The molecule has 1 aliphatic heterocycles. The molecule has 0 aliphatic carbocycles. The molecule has 2 aromatic carbocycles. The summed E-state index contributed by atoms with van der Waals surface area (Å²) in [5.41, 5.74) is 1.24. The summed E-state index contributed by atoms with van der Waals surface area (Å²) in [5.74, 6) is -0.355. The van der Waals surface area contributed by atoms with Crippen molar-refractivity contribution in [3.63, 3.8) is 0 Å². The van der Waals surface area contributed by atoms with Crippen molar-refractivity contribution >= 4 is 52.2 Å². The van der Waals surface area contributed by atoms with E-state index in [4.69, 9.17) is 39.5 Å². The van der Waals surface area contributed by atoms with Crippen molar-refractivity contribution in [2.24, 2.45) is 0 Å². The Morgan fingerprint density at radius 1 is 0.960 bits per heavy atom. The number of hydrogen-bond donors (Lipinski definition) is 0. The van der Waals surface area contributed by atoms with Crippen LogP contribution in [0.15, 0.2) is 47.5 Å². The Morgan fingerprint density at radius 2 is 1.64 bits per heavy atom. The van der Waals surface area contributed by atoms with Crippen molar-refractivity contribution in [2.75, 3.05) is 7.11 Å². The van der Waals surface area contributed by atoms with Gasteiger partial charge in [0.2, 0.25) is 0 Å². The van der Waals surface area contributed by atoms with Gasteiger partial charge in [0.15, 0.2) is 0 Å². The van der Waals surface area contributed by atoms with Gasteiger partial charge in [-0.15, -0.1) is 0 Å². The summed E-state index contributed by atoms with van der Waals surface area (Å²) in [4.78, 5) is 26.3. The van der Waals surface area contributed by atoms with Crippen LogP contribution in [-0.2, 0) is 16.1 Å². The predicted molar refractivity (Wildman–Crippen MR) is 97.8 cm³/mol. The maximum absolute atomic E-state index is 12.7. The Kier molecular flexibility index (Phi) is 5.04. The zero-order chi connectivity index (χ0) is 18.1. The minimum Gasteiger partial charge on any atom is -0.497 e. The lowest BCUT2D eigenvalue weighted by molar-refractivity contribution is -0.137. The zero-order valence-corrected chi connectivity index (χ0v) is 15.3. The number of ether oxygens (including phenoxy) is 1. The molecule has 0 atom stereocenters. The van der Waals surface area contributed by atoms with Crippen LogP contribution in [-0.4, -0.2) is 23.8 Å². The Morgan fingerprint density at radius 3 is 2.24 bits per heavy atom. The van der Waals surface area contributed by atoms with Crippen LogP contribution < -0.4 is 4.74 Å². The molecule has 2 aromatic rings. The third-order valence-electron chi connectivity index (χ3n) is 3.81. The number of hydrogen-bond acceptors (Lipinski definition) is 3. The lowest BCUT2D eigenvalue weighted by Crippen LogP contribution is -2.30. The topological polar surface area (TPSA) is 46.6 Å². The van der Waals surface area contributed by atoms with Gasteiger partial charge in [-0.2, -0.15) is 0 Å². The Balaban J connectivity index is 1.90. The molecule has 0 saturated heterocycles. The number of carbonyl (C=O) groups is 2. The molecule has 0 fully saturated rings. The number of carbonyl (C=O) groups excluding carboxylic acids is 2. The third kappa shape index (κ3) is 3.38. The highest BCUT2D eigenvalue weighted by Crippen LogP contribution is 2.36. The Labute approximate surface area is 159 Å². The fraction of sp³-hybridized carbons (Fsp3) is 0.111.